The first-order chi connectivity index (χ1) is 20.6. The summed E-state index contributed by atoms with van der Waals surface area (Å²) >= 11 is 0. The van der Waals surface area contributed by atoms with Crippen LogP contribution in [0.15, 0.2) is 0 Å². The van der Waals surface area contributed by atoms with Crippen molar-refractivity contribution in [3.63, 3.8) is 0 Å². The first-order valence-corrected chi connectivity index (χ1v) is 19.1. The number of aliphatic hydroxyl groups excluding tert-OH is 1. The first-order valence-electron chi connectivity index (χ1n) is 19.1. The maximum Gasteiger partial charge on any atom is 0.163 e. The van der Waals surface area contributed by atoms with Crippen LogP contribution in [0.25, 0.3) is 0 Å². The number of rotatable bonds is 34. The highest BCUT2D eigenvalue weighted by molar-refractivity contribution is 4.70. The van der Waals surface area contributed by atoms with E-state index in [2.05, 4.69) is 0 Å². The van der Waals surface area contributed by atoms with Crippen LogP contribution in [-0.2, 0) is 14.2 Å². The molecule has 1 N–H and O–H groups in total. The van der Waals surface area contributed by atoms with Crippen LogP contribution in [0, 0.1) is 0 Å². The second kappa shape index (κ2) is 30.8. The summed E-state index contributed by atoms with van der Waals surface area (Å²) < 4.78 is 17.1. The Morgan fingerprint density at radius 1 is 0.476 bits per heavy atom. The highest BCUT2D eigenvalue weighted by atomic mass is 16.7. The van der Waals surface area contributed by atoms with E-state index < -0.39 is 5.79 Å². The largest absolute Gasteiger partial charge is 0.396 e. The van der Waals surface area contributed by atoms with Crippen LogP contribution in [0.4, 0.5) is 0 Å². The Morgan fingerprint density at radius 2 is 0.762 bits per heavy atom. The number of hydrogen-bond acceptors (Lipinski definition) is 4. The predicted octanol–water partition coefficient (Wildman–Crippen LogP) is 11.8. The highest BCUT2D eigenvalue weighted by Crippen LogP contribution is 2.22. The standard InChI is InChI=1S/C38H76O4/c1-38(2)41-36-37(42-38)35-40-34-32-30-28-26-24-22-20-18-16-14-12-10-8-6-4-3-5-7-9-11-13-15-17-19-21-23-25-27-29-31-33-39/h37,39H,3-36H2,1-2H3/t37-/m0/s1. The van der Waals surface area contributed by atoms with Crippen molar-refractivity contribution in [2.75, 3.05) is 26.4 Å². The second-order valence-corrected chi connectivity index (χ2v) is 13.9. The molecule has 0 bridgehead atoms. The molecule has 42 heavy (non-hydrogen) atoms. The SMILES string of the molecule is CC1(C)OC[C@H](COCCCCCCCCCCCCCCCCCCCCCCCCCCCCCCCCO)O1. The van der Waals surface area contributed by atoms with Gasteiger partial charge in [0.1, 0.15) is 6.10 Å². The van der Waals surface area contributed by atoms with E-state index in [0.717, 1.165) is 13.0 Å². The second-order valence-electron chi connectivity index (χ2n) is 13.9. The zero-order chi connectivity index (χ0) is 30.2. The third-order valence-electron chi connectivity index (χ3n) is 9.07. The van der Waals surface area contributed by atoms with Crippen molar-refractivity contribution in [3.8, 4) is 0 Å². The molecule has 0 unspecified atom stereocenters. The smallest absolute Gasteiger partial charge is 0.163 e. The van der Waals surface area contributed by atoms with Gasteiger partial charge >= 0.3 is 0 Å². The van der Waals surface area contributed by atoms with Gasteiger partial charge in [-0.3, -0.25) is 0 Å². The number of ether oxygens (including phenoxy) is 3. The molecule has 1 saturated heterocycles. The Morgan fingerprint density at radius 3 is 1.02 bits per heavy atom. The fourth-order valence-electron chi connectivity index (χ4n) is 6.33. The molecule has 1 rings (SSSR count). The van der Waals surface area contributed by atoms with Gasteiger partial charge in [-0.15, -0.1) is 0 Å². The fourth-order valence-corrected chi connectivity index (χ4v) is 6.33. The van der Waals surface area contributed by atoms with Gasteiger partial charge in [0, 0.05) is 13.2 Å². The van der Waals surface area contributed by atoms with Gasteiger partial charge in [0.25, 0.3) is 0 Å². The maximum absolute atomic E-state index is 8.79. The van der Waals surface area contributed by atoms with Crippen LogP contribution in [0.2, 0.25) is 0 Å². The summed E-state index contributed by atoms with van der Waals surface area (Å²) in [5.74, 6) is -0.435. The monoisotopic (exact) mass is 597 g/mol. The van der Waals surface area contributed by atoms with Crippen molar-refractivity contribution in [2.24, 2.45) is 0 Å². The average Bonchev–Trinajstić information content (AvgIpc) is 3.33. The van der Waals surface area contributed by atoms with E-state index in [9.17, 15) is 0 Å². The highest BCUT2D eigenvalue weighted by Gasteiger charge is 2.32. The molecular weight excluding hydrogens is 520 g/mol. The van der Waals surface area contributed by atoms with Crippen molar-refractivity contribution in [3.05, 3.63) is 0 Å². The Bertz CT molecular complexity index is 523. The minimum absolute atomic E-state index is 0.107. The molecule has 0 spiro atoms. The molecule has 1 fully saturated rings. The van der Waals surface area contributed by atoms with Crippen molar-refractivity contribution in [1.82, 2.24) is 0 Å². The Balaban J connectivity index is 1.61. The van der Waals surface area contributed by atoms with Crippen LogP contribution in [0.5, 0.6) is 0 Å². The molecule has 4 nitrogen and oxygen atoms in total. The number of unbranched alkanes of at least 4 members (excludes halogenated alkanes) is 29. The van der Waals surface area contributed by atoms with E-state index in [0.29, 0.717) is 19.8 Å². The van der Waals surface area contributed by atoms with Crippen LogP contribution in [0.3, 0.4) is 0 Å². The summed E-state index contributed by atoms with van der Waals surface area (Å²) in [6.07, 6.45) is 42.1. The van der Waals surface area contributed by atoms with Gasteiger partial charge in [-0.1, -0.05) is 180 Å². The van der Waals surface area contributed by atoms with E-state index in [1.54, 1.807) is 0 Å². The van der Waals surface area contributed by atoms with E-state index in [-0.39, 0.29) is 6.10 Å². The molecule has 0 aromatic carbocycles. The summed E-state index contributed by atoms with van der Waals surface area (Å²) in [6, 6.07) is 0. The average molecular weight is 597 g/mol. The van der Waals surface area contributed by atoms with Crippen molar-refractivity contribution in [1.29, 1.82) is 0 Å². The molecule has 0 amide bonds. The van der Waals surface area contributed by atoms with E-state index in [1.807, 2.05) is 13.8 Å². The van der Waals surface area contributed by atoms with Crippen molar-refractivity contribution in [2.45, 2.75) is 218 Å². The summed E-state index contributed by atoms with van der Waals surface area (Å²) in [5, 5.41) is 8.79. The molecule has 1 atom stereocenters. The predicted molar refractivity (Wildman–Crippen MR) is 181 cm³/mol. The quantitative estimate of drug-likeness (QED) is 0.0751. The minimum atomic E-state index is -0.435. The van der Waals surface area contributed by atoms with Gasteiger partial charge in [-0.05, 0) is 26.7 Å². The zero-order valence-electron chi connectivity index (χ0n) is 28.8. The summed E-state index contributed by atoms with van der Waals surface area (Å²) in [5.41, 5.74) is 0. The number of aliphatic hydroxyl groups is 1. The molecule has 1 heterocycles. The number of hydrogen-bond donors (Lipinski definition) is 1. The molecule has 1 aliphatic heterocycles. The Labute approximate surface area is 263 Å². The minimum Gasteiger partial charge on any atom is -0.396 e. The van der Waals surface area contributed by atoms with Gasteiger partial charge in [0.15, 0.2) is 5.79 Å². The normalized spacial score (nSPS) is 16.5. The summed E-state index contributed by atoms with van der Waals surface area (Å²) in [7, 11) is 0. The lowest BCUT2D eigenvalue weighted by Gasteiger charge is -2.17. The van der Waals surface area contributed by atoms with Crippen LogP contribution < -0.4 is 0 Å². The van der Waals surface area contributed by atoms with Gasteiger partial charge in [0.2, 0.25) is 0 Å². The third-order valence-corrected chi connectivity index (χ3v) is 9.07. The first kappa shape index (κ1) is 39.9. The van der Waals surface area contributed by atoms with Gasteiger partial charge in [-0.2, -0.15) is 0 Å². The van der Waals surface area contributed by atoms with E-state index in [4.69, 9.17) is 19.3 Å². The molecule has 0 aromatic heterocycles. The molecule has 0 saturated carbocycles. The maximum atomic E-state index is 8.79. The van der Waals surface area contributed by atoms with Crippen molar-refractivity contribution < 1.29 is 19.3 Å². The third kappa shape index (κ3) is 28.6. The molecule has 0 aliphatic carbocycles. The molecule has 0 radical (unpaired) electrons. The zero-order valence-corrected chi connectivity index (χ0v) is 28.8. The van der Waals surface area contributed by atoms with Crippen LogP contribution >= 0.6 is 0 Å². The fraction of sp³-hybridized carbons (Fsp3) is 1.00. The Hall–Kier alpha value is -0.160. The Kier molecular flexibility index (Phi) is 29.3. The van der Waals surface area contributed by atoms with Gasteiger partial charge < -0.3 is 19.3 Å². The molecule has 0 aromatic rings. The van der Waals surface area contributed by atoms with Gasteiger partial charge in [-0.25, -0.2) is 0 Å². The van der Waals surface area contributed by atoms with Crippen LogP contribution in [-0.4, -0.2) is 43.4 Å². The van der Waals surface area contributed by atoms with E-state index in [1.165, 1.54) is 186 Å². The summed E-state index contributed by atoms with van der Waals surface area (Å²) in [6.45, 7) is 6.48. The lowest BCUT2D eigenvalue weighted by molar-refractivity contribution is -0.145. The molecule has 252 valence electrons. The van der Waals surface area contributed by atoms with E-state index >= 15 is 0 Å². The summed E-state index contributed by atoms with van der Waals surface area (Å²) in [4.78, 5) is 0. The van der Waals surface area contributed by atoms with Crippen LogP contribution in [0.1, 0.15) is 206 Å². The van der Waals surface area contributed by atoms with Crippen molar-refractivity contribution >= 4 is 0 Å². The lowest BCUT2D eigenvalue weighted by Crippen LogP contribution is -2.24. The lowest BCUT2D eigenvalue weighted by atomic mass is 10.0. The topological polar surface area (TPSA) is 47.9 Å². The van der Waals surface area contributed by atoms with Gasteiger partial charge in [0.05, 0.1) is 13.2 Å². The molecule has 1 aliphatic rings. The molecule has 4 heteroatoms. The molecular formula is C38H76O4.